The van der Waals surface area contributed by atoms with Gasteiger partial charge in [0.2, 0.25) is 11.8 Å². The molecule has 3 rings (SSSR count). The van der Waals surface area contributed by atoms with E-state index in [1.165, 1.54) is 19.1 Å². The van der Waals surface area contributed by atoms with Crippen molar-refractivity contribution < 1.29 is 14.0 Å². The van der Waals surface area contributed by atoms with Crippen LogP contribution in [0.2, 0.25) is 0 Å². The molecule has 1 N–H and O–H groups in total. The van der Waals surface area contributed by atoms with Crippen molar-refractivity contribution in [1.29, 1.82) is 0 Å². The van der Waals surface area contributed by atoms with Crippen LogP contribution in [0.3, 0.4) is 0 Å². The monoisotopic (exact) mass is 369 g/mol. The Morgan fingerprint density at radius 3 is 2.70 bits per heavy atom. The molecule has 1 aliphatic heterocycles. The summed E-state index contributed by atoms with van der Waals surface area (Å²) in [4.78, 5) is 30.7. The Hall–Kier alpha value is -2.76. The van der Waals surface area contributed by atoms with E-state index < -0.39 is 0 Å². The van der Waals surface area contributed by atoms with Crippen molar-refractivity contribution in [1.82, 2.24) is 15.2 Å². The number of benzene rings is 1. The number of hydrogen-bond donors (Lipinski definition) is 1. The van der Waals surface area contributed by atoms with Crippen molar-refractivity contribution in [2.75, 3.05) is 13.1 Å². The molecule has 1 saturated heterocycles. The second-order valence-electron chi connectivity index (χ2n) is 6.98. The number of aromatic nitrogens is 1. The smallest absolute Gasteiger partial charge is 0.226 e. The molecule has 1 aromatic heterocycles. The lowest BCUT2D eigenvalue weighted by atomic mass is 9.88. The molecule has 0 radical (unpaired) electrons. The average Bonchev–Trinajstić information content (AvgIpc) is 2.68. The first-order valence-electron chi connectivity index (χ1n) is 9.23. The Balaban J connectivity index is 1.70. The Morgan fingerprint density at radius 1 is 1.26 bits per heavy atom. The highest BCUT2D eigenvalue weighted by Crippen LogP contribution is 2.29. The third-order valence-electron chi connectivity index (χ3n) is 4.92. The summed E-state index contributed by atoms with van der Waals surface area (Å²) in [7, 11) is 0. The molecule has 2 aromatic rings. The molecule has 2 amide bonds. The summed E-state index contributed by atoms with van der Waals surface area (Å²) in [6.45, 7) is 2.77. The van der Waals surface area contributed by atoms with Gasteiger partial charge in [-0.15, -0.1) is 0 Å². The first kappa shape index (κ1) is 19.0. The molecule has 142 valence electrons. The number of carbonyl (C=O) groups is 2. The molecule has 0 spiro atoms. The summed E-state index contributed by atoms with van der Waals surface area (Å²) in [6, 6.07) is 11.5. The maximum Gasteiger partial charge on any atom is 0.226 e. The van der Waals surface area contributed by atoms with Crippen molar-refractivity contribution >= 4 is 11.8 Å². The van der Waals surface area contributed by atoms with Crippen LogP contribution in [0.1, 0.15) is 37.1 Å². The summed E-state index contributed by atoms with van der Waals surface area (Å²) in [5.41, 5.74) is 1.61. The third-order valence-corrected chi connectivity index (χ3v) is 4.92. The first-order valence-corrected chi connectivity index (χ1v) is 9.23. The molecule has 2 atom stereocenters. The molecular weight excluding hydrogens is 345 g/mol. The van der Waals surface area contributed by atoms with Crippen LogP contribution in [0.15, 0.2) is 48.7 Å². The Bertz CT molecular complexity index is 780. The lowest BCUT2D eigenvalue weighted by Crippen LogP contribution is -2.45. The minimum absolute atomic E-state index is 0.0221. The van der Waals surface area contributed by atoms with Gasteiger partial charge in [-0.05, 0) is 42.7 Å². The standard InChI is InChI=1S/C21H24FN3O2/c1-15(26)24-21(19-6-2-3-11-23-19)17-5-4-12-25(14-17)20(27)13-16-7-9-18(22)10-8-16/h2-3,6-11,17,21H,4-5,12-14H2,1H3,(H,24,26)/t17-,21-/m1/s1. The second-order valence-corrected chi connectivity index (χ2v) is 6.98. The lowest BCUT2D eigenvalue weighted by Gasteiger charge is -2.37. The van der Waals surface area contributed by atoms with E-state index in [1.54, 1.807) is 18.3 Å². The van der Waals surface area contributed by atoms with E-state index in [9.17, 15) is 14.0 Å². The zero-order chi connectivity index (χ0) is 19.2. The van der Waals surface area contributed by atoms with Gasteiger partial charge in [-0.25, -0.2) is 4.39 Å². The number of carbonyl (C=O) groups excluding carboxylic acids is 2. The van der Waals surface area contributed by atoms with Gasteiger partial charge < -0.3 is 10.2 Å². The number of rotatable bonds is 5. The van der Waals surface area contributed by atoms with Crippen LogP contribution in [0, 0.1) is 11.7 Å². The molecule has 6 heteroatoms. The number of amides is 2. The zero-order valence-corrected chi connectivity index (χ0v) is 15.4. The van der Waals surface area contributed by atoms with Crippen molar-refractivity contribution in [2.45, 2.75) is 32.2 Å². The summed E-state index contributed by atoms with van der Waals surface area (Å²) < 4.78 is 13.0. The quantitative estimate of drug-likeness (QED) is 0.882. The van der Waals surface area contributed by atoms with Crippen LogP contribution in [0.5, 0.6) is 0 Å². The van der Waals surface area contributed by atoms with E-state index in [4.69, 9.17) is 0 Å². The molecule has 0 bridgehead atoms. The van der Waals surface area contributed by atoms with E-state index in [1.807, 2.05) is 23.1 Å². The number of hydrogen-bond acceptors (Lipinski definition) is 3. The number of nitrogens with one attached hydrogen (secondary N) is 1. The number of likely N-dealkylation sites (tertiary alicyclic amines) is 1. The maximum atomic E-state index is 13.0. The van der Waals surface area contributed by atoms with E-state index in [-0.39, 0.29) is 36.0 Å². The van der Waals surface area contributed by atoms with E-state index in [0.29, 0.717) is 13.1 Å². The number of pyridine rings is 1. The van der Waals surface area contributed by atoms with Gasteiger partial charge in [0, 0.05) is 32.1 Å². The van der Waals surface area contributed by atoms with Crippen molar-refractivity contribution in [3.63, 3.8) is 0 Å². The minimum Gasteiger partial charge on any atom is -0.348 e. The van der Waals surface area contributed by atoms with Crippen LogP contribution in [-0.2, 0) is 16.0 Å². The van der Waals surface area contributed by atoms with Gasteiger partial charge in [0.1, 0.15) is 5.82 Å². The average molecular weight is 369 g/mol. The van der Waals surface area contributed by atoms with Crippen LogP contribution in [0.25, 0.3) is 0 Å². The highest BCUT2D eigenvalue weighted by molar-refractivity contribution is 5.79. The third kappa shape index (κ3) is 5.12. The molecule has 1 fully saturated rings. The number of piperidine rings is 1. The molecule has 1 aliphatic rings. The van der Waals surface area contributed by atoms with E-state index in [0.717, 1.165) is 24.1 Å². The number of nitrogens with zero attached hydrogens (tertiary/aromatic N) is 2. The fourth-order valence-electron chi connectivity index (χ4n) is 3.61. The first-order chi connectivity index (χ1) is 13.0. The van der Waals surface area contributed by atoms with Gasteiger partial charge in [-0.1, -0.05) is 18.2 Å². The van der Waals surface area contributed by atoms with Crippen LogP contribution < -0.4 is 5.32 Å². The topological polar surface area (TPSA) is 62.3 Å². The molecule has 5 nitrogen and oxygen atoms in total. The molecule has 0 aliphatic carbocycles. The largest absolute Gasteiger partial charge is 0.348 e. The van der Waals surface area contributed by atoms with Gasteiger partial charge in [0.15, 0.2) is 0 Å². The van der Waals surface area contributed by atoms with Crippen LogP contribution in [0.4, 0.5) is 4.39 Å². The fraction of sp³-hybridized carbons (Fsp3) is 0.381. The summed E-state index contributed by atoms with van der Waals surface area (Å²) in [6.07, 6.45) is 3.76. The summed E-state index contributed by atoms with van der Waals surface area (Å²) >= 11 is 0. The Kier molecular flexibility index (Phi) is 6.16. The minimum atomic E-state index is -0.308. The zero-order valence-electron chi connectivity index (χ0n) is 15.4. The molecule has 0 unspecified atom stereocenters. The van der Waals surface area contributed by atoms with Gasteiger partial charge in [0.05, 0.1) is 18.2 Å². The predicted molar refractivity (Wildman–Crippen MR) is 100 cm³/mol. The maximum absolute atomic E-state index is 13.0. The normalized spacial score (nSPS) is 18.0. The SMILES string of the molecule is CC(=O)N[C@@H](c1ccccn1)[C@@H]1CCCN(C(=O)Cc2ccc(F)cc2)C1. The van der Waals surface area contributed by atoms with Crippen molar-refractivity contribution in [3.8, 4) is 0 Å². The van der Waals surface area contributed by atoms with Crippen molar-refractivity contribution in [3.05, 3.63) is 65.7 Å². The molecule has 2 heterocycles. The van der Waals surface area contributed by atoms with Gasteiger partial charge in [-0.3, -0.25) is 14.6 Å². The molecular formula is C21H24FN3O2. The van der Waals surface area contributed by atoms with E-state index in [2.05, 4.69) is 10.3 Å². The number of halogens is 1. The van der Waals surface area contributed by atoms with E-state index >= 15 is 0 Å². The van der Waals surface area contributed by atoms with Gasteiger partial charge >= 0.3 is 0 Å². The predicted octanol–water partition coefficient (Wildman–Crippen LogP) is 2.88. The van der Waals surface area contributed by atoms with Gasteiger partial charge in [-0.2, -0.15) is 0 Å². The van der Waals surface area contributed by atoms with Crippen LogP contribution >= 0.6 is 0 Å². The molecule has 1 aromatic carbocycles. The second kappa shape index (κ2) is 8.75. The molecule has 27 heavy (non-hydrogen) atoms. The highest BCUT2D eigenvalue weighted by Gasteiger charge is 2.31. The molecule has 0 saturated carbocycles. The summed E-state index contributed by atoms with van der Waals surface area (Å²) in [5, 5.41) is 3.00. The summed E-state index contributed by atoms with van der Waals surface area (Å²) in [5.74, 6) is -0.290. The van der Waals surface area contributed by atoms with Crippen molar-refractivity contribution in [2.24, 2.45) is 5.92 Å². The Labute approximate surface area is 158 Å². The van der Waals surface area contributed by atoms with Crippen LogP contribution in [-0.4, -0.2) is 34.8 Å². The lowest BCUT2D eigenvalue weighted by molar-refractivity contribution is -0.132. The fourth-order valence-corrected chi connectivity index (χ4v) is 3.61. The highest BCUT2D eigenvalue weighted by atomic mass is 19.1. The van der Waals surface area contributed by atoms with Gasteiger partial charge in [0.25, 0.3) is 0 Å². The Morgan fingerprint density at radius 2 is 2.04 bits per heavy atom.